The minimum atomic E-state index is -0.670. The number of carbonyl (C=O) groups excluding carboxylic acids is 4. The van der Waals surface area contributed by atoms with Crippen LogP contribution in [0.3, 0.4) is 0 Å². The van der Waals surface area contributed by atoms with Gasteiger partial charge in [0, 0.05) is 49.4 Å². The van der Waals surface area contributed by atoms with Crippen molar-refractivity contribution in [1.29, 1.82) is 0 Å². The van der Waals surface area contributed by atoms with Crippen molar-refractivity contribution in [2.45, 2.75) is 50.5 Å². The number of amides is 3. The molecular weight excluding hydrogens is 761 g/mol. The van der Waals surface area contributed by atoms with Crippen LogP contribution in [0.2, 0.25) is 0 Å². The van der Waals surface area contributed by atoms with Gasteiger partial charge in [-0.15, -0.1) is 0 Å². The van der Waals surface area contributed by atoms with Crippen LogP contribution in [-0.2, 0) is 30.2 Å². The molecule has 0 bridgehead atoms. The summed E-state index contributed by atoms with van der Waals surface area (Å²) in [5.41, 5.74) is 4.65. The molecule has 8 rings (SSSR count). The number of aromatic amines is 1. The second kappa shape index (κ2) is 17.6. The summed E-state index contributed by atoms with van der Waals surface area (Å²) in [5.74, 6) is 0.268. The first-order chi connectivity index (χ1) is 28.6. The van der Waals surface area contributed by atoms with E-state index in [4.69, 9.17) is 33.2 Å². The number of benzene rings is 3. The Kier molecular flexibility index (Phi) is 12.3. The summed E-state index contributed by atoms with van der Waals surface area (Å²) < 4.78 is 39.1. The number of urea groups is 1. The molecule has 4 aliphatic rings. The van der Waals surface area contributed by atoms with Crippen LogP contribution < -0.4 is 24.3 Å². The molecule has 7 atom stereocenters. The van der Waals surface area contributed by atoms with E-state index in [1.807, 2.05) is 42.5 Å². The van der Waals surface area contributed by atoms with Gasteiger partial charge in [0.1, 0.15) is 24.0 Å². The summed E-state index contributed by atoms with van der Waals surface area (Å²) in [5, 5.41) is 3.87. The highest BCUT2D eigenvalue weighted by atomic mass is 16.6. The summed E-state index contributed by atoms with van der Waals surface area (Å²) in [6.45, 7) is 3.88. The number of rotatable bonds is 10. The van der Waals surface area contributed by atoms with Gasteiger partial charge in [0.2, 0.25) is 5.75 Å². The molecule has 59 heavy (non-hydrogen) atoms. The summed E-state index contributed by atoms with van der Waals surface area (Å²) in [6, 6.07) is 17.8. The highest BCUT2D eigenvalue weighted by Crippen LogP contribution is 2.51. The van der Waals surface area contributed by atoms with Gasteiger partial charge in [-0.1, -0.05) is 30.3 Å². The third-order valence-corrected chi connectivity index (χ3v) is 12.2. The Morgan fingerprint density at radius 2 is 1.59 bits per heavy atom. The van der Waals surface area contributed by atoms with E-state index < -0.39 is 30.1 Å². The highest BCUT2D eigenvalue weighted by molar-refractivity contribution is 6.04. The van der Waals surface area contributed by atoms with Crippen LogP contribution in [0.25, 0.3) is 10.9 Å². The van der Waals surface area contributed by atoms with E-state index in [2.05, 4.69) is 21.3 Å². The number of hydrogen-bond acceptors (Lipinski definition) is 12. The zero-order valence-corrected chi connectivity index (χ0v) is 34.4. The smallest absolute Gasteiger partial charge is 0.338 e. The molecule has 15 heteroatoms. The Morgan fingerprint density at radius 3 is 2.20 bits per heavy atom. The largest absolute Gasteiger partial charge is 0.497 e. The molecule has 1 aliphatic carbocycles. The van der Waals surface area contributed by atoms with Crippen LogP contribution in [0.15, 0.2) is 60.7 Å². The Bertz CT molecular complexity index is 2170. The maximum Gasteiger partial charge on any atom is 0.338 e. The molecule has 314 valence electrons. The summed E-state index contributed by atoms with van der Waals surface area (Å²) in [7, 11) is 9.10. The Balaban J connectivity index is 0.000000295. The Morgan fingerprint density at radius 1 is 0.864 bits per heavy atom. The molecule has 3 aromatic carbocycles. The van der Waals surface area contributed by atoms with Crippen LogP contribution in [0.4, 0.5) is 4.79 Å². The number of aromatic nitrogens is 1. The summed E-state index contributed by atoms with van der Waals surface area (Å²) in [4.78, 5) is 57.5. The number of hydrogen-bond donors (Lipinski definition) is 2. The van der Waals surface area contributed by atoms with E-state index in [9.17, 15) is 19.2 Å². The van der Waals surface area contributed by atoms with Crippen molar-refractivity contribution in [3.8, 4) is 23.0 Å². The van der Waals surface area contributed by atoms with Gasteiger partial charge in [0.05, 0.1) is 53.1 Å². The molecule has 3 fully saturated rings. The minimum Gasteiger partial charge on any atom is -0.497 e. The predicted octanol–water partition coefficient (Wildman–Crippen LogP) is 5.47. The Labute approximate surface area is 343 Å². The molecule has 1 saturated carbocycles. The molecule has 3 amide bonds. The van der Waals surface area contributed by atoms with E-state index in [0.717, 1.165) is 42.8 Å². The Hall–Kier alpha value is -5.80. The van der Waals surface area contributed by atoms with E-state index in [1.54, 1.807) is 33.3 Å². The van der Waals surface area contributed by atoms with Gasteiger partial charge < -0.3 is 43.5 Å². The van der Waals surface area contributed by atoms with Gasteiger partial charge in [-0.25, -0.2) is 9.59 Å². The molecule has 4 aromatic rings. The number of ether oxygens (including phenoxy) is 7. The molecule has 0 spiro atoms. The maximum absolute atomic E-state index is 13.5. The number of nitrogens with one attached hydrogen (secondary N) is 2. The second-order valence-corrected chi connectivity index (χ2v) is 15.1. The first kappa shape index (κ1) is 41.4. The minimum absolute atomic E-state index is 0.0170. The number of carbonyl (C=O) groups is 4. The van der Waals surface area contributed by atoms with Crippen molar-refractivity contribution in [2.75, 3.05) is 62.3 Å². The van der Waals surface area contributed by atoms with Gasteiger partial charge in [0.25, 0.3) is 5.91 Å². The molecule has 15 nitrogen and oxygen atoms in total. The average molecular weight is 813 g/mol. The molecular formula is C44H52N4O11. The monoisotopic (exact) mass is 812 g/mol. The van der Waals surface area contributed by atoms with E-state index in [1.165, 1.54) is 50.0 Å². The van der Waals surface area contributed by atoms with Gasteiger partial charge in [-0.05, 0) is 73.4 Å². The molecule has 3 aliphatic heterocycles. The van der Waals surface area contributed by atoms with Crippen LogP contribution in [0.5, 0.6) is 23.0 Å². The number of methoxy groups -OCH3 is 6. The molecule has 1 aromatic heterocycles. The number of likely N-dealkylation sites (N-methyl/N-ethyl adjacent to an activating group) is 1. The molecule has 4 heterocycles. The number of imide groups is 1. The number of fused-ring (bicyclic) bond motifs is 6. The topological polar surface area (TPSA) is 167 Å². The van der Waals surface area contributed by atoms with Crippen molar-refractivity contribution in [3.63, 3.8) is 0 Å². The van der Waals surface area contributed by atoms with Crippen molar-refractivity contribution < 1.29 is 52.3 Å². The van der Waals surface area contributed by atoms with Crippen molar-refractivity contribution in [2.24, 2.45) is 17.8 Å². The van der Waals surface area contributed by atoms with E-state index in [0.29, 0.717) is 30.2 Å². The number of H-pyrrole nitrogens is 1. The quantitative estimate of drug-likeness (QED) is 0.153. The van der Waals surface area contributed by atoms with Gasteiger partial charge in [-0.3, -0.25) is 19.4 Å². The maximum atomic E-state index is 13.5. The molecule has 0 radical (unpaired) electrons. The highest BCUT2D eigenvalue weighted by Gasteiger charge is 2.54. The lowest BCUT2D eigenvalue weighted by Gasteiger charge is -2.52. The number of piperidine rings is 1. The van der Waals surface area contributed by atoms with Gasteiger partial charge >= 0.3 is 18.0 Å². The van der Waals surface area contributed by atoms with Gasteiger partial charge in [-0.2, -0.15) is 0 Å². The zero-order chi connectivity index (χ0) is 42.0. The number of nitrogens with zero attached hydrogens (tertiary/aromatic N) is 2. The third kappa shape index (κ3) is 7.76. The fraction of sp³-hybridized carbons (Fsp3) is 0.455. The van der Waals surface area contributed by atoms with Crippen LogP contribution in [-0.4, -0.2) is 113 Å². The predicted molar refractivity (Wildman–Crippen MR) is 216 cm³/mol. The third-order valence-electron chi connectivity index (χ3n) is 12.2. The van der Waals surface area contributed by atoms with Gasteiger partial charge in [0.15, 0.2) is 11.5 Å². The van der Waals surface area contributed by atoms with Crippen molar-refractivity contribution in [3.05, 3.63) is 83.0 Å². The SMILES string of the molecule is CCN1C(=O)NC(c2ccccc2)C1=O.COC(=O)[C@H]1[C@H]2C[C@@H]3c4[nH]c5cc(OC)ccc5c4CCN3C[C@H]2C[C@@H](OC(=O)c2cc(OC)c(OC)c(OC)c2)[C@@H]1OC. The average Bonchev–Trinajstić information content (AvgIpc) is 3.79. The second-order valence-electron chi connectivity index (χ2n) is 15.1. The van der Waals surface area contributed by atoms with Crippen LogP contribution in [0, 0.1) is 17.8 Å². The fourth-order valence-electron chi connectivity index (χ4n) is 9.45. The van der Waals surface area contributed by atoms with Crippen molar-refractivity contribution in [1.82, 2.24) is 20.1 Å². The standard InChI is InChI=1S/C33H40N2O9.C11H12N2O2/c1-38-19-7-8-20-21-9-10-35-16-18-13-27(44-32(36)17-11-25(39-2)30(41-4)26(12-17)40-3)31(42-5)28(33(37)43-6)22(18)15-24(35)29(21)34-23(20)14-19;1-2-13-10(14)9(12-11(13)15)8-6-4-3-5-7-8/h7-8,11-12,14,18,22,24,27-28,31,34H,9-10,13,15-16H2,1-6H3;3-7,9H,2H2,1H3,(H,12,15)/t18-,22+,24-,27-,28+,31+;/m1./s1. The molecule has 1 unspecified atom stereocenters. The normalized spacial score (nSPS) is 24.7. The van der Waals surface area contributed by atoms with E-state index >= 15 is 0 Å². The van der Waals surface area contributed by atoms with Crippen LogP contribution >= 0.6 is 0 Å². The van der Waals surface area contributed by atoms with E-state index in [-0.39, 0.29) is 41.3 Å². The lowest BCUT2D eigenvalue weighted by Crippen LogP contribution is -2.58. The first-order valence-corrected chi connectivity index (χ1v) is 19.8. The van der Waals surface area contributed by atoms with Crippen molar-refractivity contribution >= 4 is 34.8 Å². The fourth-order valence-corrected chi connectivity index (χ4v) is 9.45. The molecule has 2 saturated heterocycles. The van der Waals surface area contributed by atoms with Crippen LogP contribution in [0.1, 0.15) is 59.0 Å². The lowest BCUT2D eigenvalue weighted by molar-refractivity contribution is -0.176. The number of esters is 2. The molecule has 2 N–H and O–H groups in total. The lowest BCUT2D eigenvalue weighted by atomic mass is 9.63. The summed E-state index contributed by atoms with van der Waals surface area (Å²) in [6.07, 6.45) is 0.920. The summed E-state index contributed by atoms with van der Waals surface area (Å²) >= 11 is 0. The zero-order valence-electron chi connectivity index (χ0n) is 34.4. The first-order valence-electron chi connectivity index (χ1n) is 19.8.